The average molecular weight is 307 g/mol. The van der Waals surface area contributed by atoms with Crippen LogP contribution in [0.4, 0.5) is 0 Å². The van der Waals surface area contributed by atoms with E-state index in [-0.39, 0.29) is 24.3 Å². The Hall–Kier alpha value is -1.89. The molecule has 1 aromatic rings. The molecule has 3 rings (SSSR count). The van der Waals surface area contributed by atoms with Crippen molar-refractivity contribution in [2.24, 2.45) is 0 Å². The Balaban J connectivity index is 1.58. The van der Waals surface area contributed by atoms with Crippen LogP contribution in [-0.2, 0) is 20.8 Å². The number of thiophene rings is 1. The number of fused-ring (bicyclic) bond motifs is 1. The zero-order valence-corrected chi connectivity index (χ0v) is 12.4. The molecule has 112 valence electrons. The molecule has 7 heteroatoms. The summed E-state index contributed by atoms with van der Waals surface area (Å²) in [6, 6.07) is 1.49. The number of nitrogens with one attached hydrogen (secondary N) is 1. The number of carbonyl (C=O) groups is 3. The molecule has 1 atom stereocenters. The second-order valence-corrected chi connectivity index (χ2v) is 6.07. The summed E-state index contributed by atoms with van der Waals surface area (Å²) in [4.78, 5) is 39.1. The van der Waals surface area contributed by atoms with E-state index in [1.54, 1.807) is 21.1 Å². The number of amides is 3. The number of hydrogen-bond donors (Lipinski definition) is 1. The van der Waals surface area contributed by atoms with Gasteiger partial charge in [0.25, 0.3) is 0 Å². The summed E-state index contributed by atoms with van der Waals surface area (Å²) in [6.07, 6.45) is 1.16. The average Bonchev–Trinajstić information content (AvgIpc) is 3.02. The molecule has 21 heavy (non-hydrogen) atoms. The van der Waals surface area contributed by atoms with Crippen molar-refractivity contribution < 1.29 is 14.4 Å². The van der Waals surface area contributed by atoms with Crippen LogP contribution in [0.15, 0.2) is 16.8 Å². The van der Waals surface area contributed by atoms with E-state index in [4.69, 9.17) is 0 Å². The highest BCUT2D eigenvalue weighted by Gasteiger charge is 2.39. The van der Waals surface area contributed by atoms with Gasteiger partial charge in [0.1, 0.15) is 6.04 Å². The number of piperazine rings is 2. The molecule has 0 aromatic carbocycles. The van der Waals surface area contributed by atoms with Gasteiger partial charge in [-0.25, -0.2) is 0 Å². The molecular formula is C14H17N3O3S. The van der Waals surface area contributed by atoms with Gasteiger partial charge in [0.2, 0.25) is 17.7 Å². The van der Waals surface area contributed by atoms with E-state index in [2.05, 4.69) is 5.32 Å². The second kappa shape index (κ2) is 5.85. The second-order valence-electron chi connectivity index (χ2n) is 5.29. The lowest BCUT2D eigenvalue weighted by Crippen LogP contribution is -2.66. The molecule has 1 N–H and O–H groups in total. The molecule has 1 aromatic heterocycles. The third-order valence-corrected chi connectivity index (χ3v) is 4.71. The summed E-state index contributed by atoms with van der Waals surface area (Å²) >= 11 is 1.62. The molecule has 2 fully saturated rings. The normalized spacial score (nSPS) is 22.0. The van der Waals surface area contributed by atoms with Crippen LogP contribution in [0.1, 0.15) is 12.0 Å². The van der Waals surface area contributed by atoms with Crippen molar-refractivity contribution in [2.45, 2.75) is 18.9 Å². The molecule has 0 saturated carbocycles. The van der Waals surface area contributed by atoms with E-state index in [0.29, 0.717) is 26.1 Å². The SMILES string of the molecule is O=C1NCC(=O)N2CCN(C(=O)CCc3ccsc3)C[C@@H]12. The fraction of sp³-hybridized carbons (Fsp3) is 0.500. The molecule has 2 aliphatic heterocycles. The third kappa shape index (κ3) is 2.92. The maximum atomic E-state index is 12.3. The summed E-state index contributed by atoms with van der Waals surface area (Å²) in [5, 5.41) is 6.61. The van der Waals surface area contributed by atoms with Gasteiger partial charge in [-0.2, -0.15) is 11.3 Å². The smallest absolute Gasteiger partial charge is 0.245 e. The van der Waals surface area contributed by atoms with Crippen LogP contribution in [0.2, 0.25) is 0 Å². The van der Waals surface area contributed by atoms with Crippen molar-refractivity contribution in [1.82, 2.24) is 15.1 Å². The minimum atomic E-state index is -0.523. The summed E-state index contributed by atoms with van der Waals surface area (Å²) in [6.45, 7) is 1.33. The molecule has 0 radical (unpaired) electrons. The number of hydrogen-bond acceptors (Lipinski definition) is 4. The first-order chi connectivity index (χ1) is 10.1. The van der Waals surface area contributed by atoms with Crippen LogP contribution in [0.25, 0.3) is 0 Å². The van der Waals surface area contributed by atoms with E-state index in [9.17, 15) is 14.4 Å². The highest BCUT2D eigenvalue weighted by atomic mass is 32.1. The lowest BCUT2D eigenvalue weighted by molar-refractivity contribution is -0.152. The van der Waals surface area contributed by atoms with E-state index in [1.807, 2.05) is 16.8 Å². The van der Waals surface area contributed by atoms with Gasteiger partial charge >= 0.3 is 0 Å². The number of rotatable bonds is 3. The largest absolute Gasteiger partial charge is 0.345 e. The van der Waals surface area contributed by atoms with E-state index >= 15 is 0 Å². The van der Waals surface area contributed by atoms with Crippen LogP contribution < -0.4 is 5.32 Å². The van der Waals surface area contributed by atoms with E-state index in [1.165, 1.54) is 0 Å². The minimum Gasteiger partial charge on any atom is -0.345 e. The van der Waals surface area contributed by atoms with Gasteiger partial charge in [-0.1, -0.05) is 0 Å². The monoisotopic (exact) mass is 307 g/mol. The first-order valence-electron chi connectivity index (χ1n) is 7.01. The predicted molar refractivity (Wildman–Crippen MR) is 77.7 cm³/mol. The Morgan fingerprint density at radius 2 is 2.24 bits per heavy atom. The predicted octanol–water partition coefficient (Wildman–Crippen LogP) is -0.150. The van der Waals surface area contributed by atoms with Crippen molar-refractivity contribution in [3.8, 4) is 0 Å². The molecule has 0 unspecified atom stereocenters. The summed E-state index contributed by atoms with van der Waals surface area (Å²) < 4.78 is 0. The van der Waals surface area contributed by atoms with Gasteiger partial charge in [0, 0.05) is 19.5 Å². The quantitative estimate of drug-likeness (QED) is 0.844. The van der Waals surface area contributed by atoms with Gasteiger partial charge in [0.15, 0.2) is 0 Å². The first kappa shape index (κ1) is 14.1. The third-order valence-electron chi connectivity index (χ3n) is 3.98. The molecule has 3 amide bonds. The van der Waals surface area contributed by atoms with Crippen LogP contribution in [0, 0.1) is 0 Å². The molecule has 3 heterocycles. The molecule has 2 aliphatic rings. The zero-order chi connectivity index (χ0) is 14.8. The summed E-state index contributed by atoms with van der Waals surface area (Å²) in [5.74, 6) is -0.179. The highest BCUT2D eigenvalue weighted by molar-refractivity contribution is 7.07. The van der Waals surface area contributed by atoms with E-state index in [0.717, 1.165) is 12.0 Å². The maximum Gasteiger partial charge on any atom is 0.245 e. The van der Waals surface area contributed by atoms with Crippen LogP contribution in [0.3, 0.4) is 0 Å². The van der Waals surface area contributed by atoms with Gasteiger partial charge in [-0.3, -0.25) is 14.4 Å². The summed E-state index contributed by atoms with van der Waals surface area (Å²) in [7, 11) is 0. The lowest BCUT2D eigenvalue weighted by atomic mass is 10.1. The van der Waals surface area contributed by atoms with Gasteiger partial charge in [0.05, 0.1) is 13.1 Å². The molecule has 0 spiro atoms. The number of carbonyl (C=O) groups excluding carboxylic acids is 3. The minimum absolute atomic E-state index is 0.0478. The van der Waals surface area contributed by atoms with Crippen molar-refractivity contribution in [1.29, 1.82) is 0 Å². The van der Waals surface area contributed by atoms with Crippen LogP contribution in [-0.4, -0.2) is 59.7 Å². The van der Waals surface area contributed by atoms with Crippen LogP contribution in [0.5, 0.6) is 0 Å². The number of aryl methyl sites for hydroxylation is 1. The fourth-order valence-electron chi connectivity index (χ4n) is 2.76. The summed E-state index contributed by atoms with van der Waals surface area (Å²) in [5.41, 5.74) is 1.16. The molecule has 2 saturated heterocycles. The lowest BCUT2D eigenvalue weighted by Gasteiger charge is -2.42. The van der Waals surface area contributed by atoms with Crippen molar-refractivity contribution >= 4 is 29.1 Å². The standard InChI is InChI=1S/C14H17N3O3S/c18-12(2-1-10-3-6-21-9-10)16-4-5-17-11(8-16)14(20)15-7-13(17)19/h3,6,9,11H,1-2,4-5,7-8H2,(H,15,20)/t11-/m0/s1. The maximum absolute atomic E-state index is 12.3. The van der Waals surface area contributed by atoms with E-state index < -0.39 is 6.04 Å². The van der Waals surface area contributed by atoms with Gasteiger partial charge < -0.3 is 15.1 Å². The Bertz CT molecular complexity index is 558. The molecule has 0 aliphatic carbocycles. The van der Waals surface area contributed by atoms with Crippen molar-refractivity contribution in [3.63, 3.8) is 0 Å². The van der Waals surface area contributed by atoms with Crippen molar-refractivity contribution in [2.75, 3.05) is 26.2 Å². The Labute approximate surface area is 126 Å². The van der Waals surface area contributed by atoms with Gasteiger partial charge in [-0.15, -0.1) is 0 Å². The first-order valence-corrected chi connectivity index (χ1v) is 7.95. The Morgan fingerprint density at radius 3 is 3.00 bits per heavy atom. The highest BCUT2D eigenvalue weighted by Crippen LogP contribution is 2.15. The van der Waals surface area contributed by atoms with Gasteiger partial charge in [-0.05, 0) is 28.8 Å². The topological polar surface area (TPSA) is 69.7 Å². The molecule has 0 bridgehead atoms. The molecule has 6 nitrogen and oxygen atoms in total. The molecular weight excluding hydrogens is 290 g/mol. The Kier molecular flexibility index (Phi) is 3.92. The zero-order valence-electron chi connectivity index (χ0n) is 11.6. The van der Waals surface area contributed by atoms with Crippen LogP contribution >= 0.6 is 11.3 Å². The van der Waals surface area contributed by atoms with Crippen molar-refractivity contribution in [3.05, 3.63) is 22.4 Å². The fourth-order valence-corrected chi connectivity index (χ4v) is 3.46. The number of nitrogens with zero attached hydrogens (tertiary/aromatic N) is 2. The Morgan fingerprint density at radius 1 is 1.38 bits per heavy atom.